The summed E-state index contributed by atoms with van der Waals surface area (Å²) in [6.07, 6.45) is 2.49. The summed E-state index contributed by atoms with van der Waals surface area (Å²) in [6, 6.07) is 13.5. The van der Waals surface area contributed by atoms with Crippen LogP contribution in [0.25, 0.3) is 11.0 Å². The number of likely N-dealkylation sites (N-methyl/N-ethyl adjacent to an activating group) is 1. The SMILES string of the molecule is Cc1c(C(=O)N(C)CCc2ccccn2)oc2ccccc12. The molecule has 1 amide bonds. The standard InChI is InChI=1S/C18H18N2O2/c1-13-15-8-3-4-9-16(15)22-17(13)18(21)20(2)12-10-14-7-5-6-11-19-14/h3-9,11H,10,12H2,1-2H3. The maximum atomic E-state index is 12.6. The lowest BCUT2D eigenvalue weighted by molar-refractivity contribution is 0.0766. The second-order valence-electron chi connectivity index (χ2n) is 5.35. The zero-order chi connectivity index (χ0) is 15.5. The zero-order valence-electron chi connectivity index (χ0n) is 12.7. The number of nitrogens with zero attached hydrogens (tertiary/aromatic N) is 2. The molecule has 112 valence electrons. The minimum Gasteiger partial charge on any atom is -0.451 e. The first-order valence-corrected chi connectivity index (χ1v) is 7.30. The lowest BCUT2D eigenvalue weighted by Crippen LogP contribution is -2.29. The highest BCUT2D eigenvalue weighted by molar-refractivity contribution is 5.98. The highest BCUT2D eigenvalue weighted by atomic mass is 16.3. The zero-order valence-corrected chi connectivity index (χ0v) is 12.7. The van der Waals surface area contributed by atoms with E-state index in [9.17, 15) is 4.79 Å². The molecule has 0 radical (unpaired) electrons. The number of para-hydroxylation sites is 1. The Balaban J connectivity index is 1.76. The fourth-order valence-electron chi connectivity index (χ4n) is 2.48. The molecule has 0 spiro atoms. The first kappa shape index (κ1) is 14.3. The van der Waals surface area contributed by atoms with Crippen molar-refractivity contribution in [3.8, 4) is 0 Å². The smallest absolute Gasteiger partial charge is 0.289 e. The van der Waals surface area contributed by atoms with Crippen LogP contribution in [-0.2, 0) is 6.42 Å². The lowest BCUT2D eigenvalue weighted by atomic mass is 10.1. The third kappa shape index (κ3) is 2.72. The number of hydrogen-bond donors (Lipinski definition) is 0. The van der Waals surface area contributed by atoms with Crippen molar-refractivity contribution in [3.05, 3.63) is 65.7 Å². The maximum Gasteiger partial charge on any atom is 0.289 e. The van der Waals surface area contributed by atoms with E-state index in [0.717, 1.165) is 28.6 Å². The van der Waals surface area contributed by atoms with Gasteiger partial charge < -0.3 is 9.32 Å². The summed E-state index contributed by atoms with van der Waals surface area (Å²) in [5, 5.41) is 0.990. The Labute approximate surface area is 129 Å². The Morgan fingerprint density at radius 2 is 1.95 bits per heavy atom. The molecule has 0 saturated carbocycles. The topological polar surface area (TPSA) is 46.3 Å². The van der Waals surface area contributed by atoms with Crippen molar-refractivity contribution in [3.63, 3.8) is 0 Å². The second-order valence-corrected chi connectivity index (χ2v) is 5.35. The maximum absolute atomic E-state index is 12.6. The van der Waals surface area contributed by atoms with Gasteiger partial charge in [-0.25, -0.2) is 0 Å². The molecule has 0 fully saturated rings. The van der Waals surface area contributed by atoms with E-state index in [1.165, 1.54) is 0 Å². The van der Waals surface area contributed by atoms with E-state index in [-0.39, 0.29) is 5.91 Å². The van der Waals surface area contributed by atoms with Crippen molar-refractivity contribution in [2.45, 2.75) is 13.3 Å². The van der Waals surface area contributed by atoms with Gasteiger partial charge in [0.1, 0.15) is 5.58 Å². The van der Waals surface area contributed by atoms with Gasteiger partial charge in [-0.05, 0) is 25.1 Å². The Morgan fingerprint density at radius 1 is 1.18 bits per heavy atom. The monoisotopic (exact) mass is 294 g/mol. The quantitative estimate of drug-likeness (QED) is 0.740. The van der Waals surface area contributed by atoms with Gasteiger partial charge in [-0.1, -0.05) is 24.3 Å². The van der Waals surface area contributed by atoms with Crippen LogP contribution < -0.4 is 0 Å². The number of aryl methyl sites for hydroxylation is 1. The van der Waals surface area contributed by atoms with Gasteiger partial charge in [0.25, 0.3) is 5.91 Å². The summed E-state index contributed by atoms with van der Waals surface area (Å²) in [5.41, 5.74) is 2.62. The number of hydrogen-bond acceptors (Lipinski definition) is 3. The molecule has 2 heterocycles. The summed E-state index contributed by atoms with van der Waals surface area (Å²) in [7, 11) is 1.79. The Morgan fingerprint density at radius 3 is 2.68 bits per heavy atom. The van der Waals surface area contributed by atoms with E-state index in [0.29, 0.717) is 12.3 Å². The normalized spacial score (nSPS) is 10.8. The average Bonchev–Trinajstić information content (AvgIpc) is 2.90. The summed E-state index contributed by atoms with van der Waals surface area (Å²) in [4.78, 5) is 18.5. The highest BCUT2D eigenvalue weighted by Gasteiger charge is 2.20. The molecule has 22 heavy (non-hydrogen) atoms. The molecule has 0 N–H and O–H groups in total. The van der Waals surface area contributed by atoms with Crippen LogP contribution in [0.2, 0.25) is 0 Å². The van der Waals surface area contributed by atoms with Gasteiger partial charge in [-0.15, -0.1) is 0 Å². The molecule has 0 atom stereocenters. The molecule has 4 heteroatoms. The number of rotatable bonds is 4. The van der Waals surface area contributed by atoms with Crippen molar-refractivity contribution in [2.75, 3.05) is 13.6 Å². The molecule has 0 bridgehead atoms. The predicted molar refractivity (Wildman–Crippen MR) is 85.9 cm³/mol. The van der Waals surface area contributed by atoms with Crippen LogP contribution in [0.15, 0.2) is 53.1 Å². The van der Waals surface area contributed by atoms with Crippen LogP contribution >= 0.6 is 0 Å². The number of amides is 1. The van der Waals surface area contributed by atoms with Crippen molar-refractivity contribution in [2.24, 2.45) is 0 Å². The van der Waals surface area contributed by atoms with E-state index >= 15 is 0 Å². The lowest BCUT2D eigenvalue weighted by Gasteiger charge is -2.15. The van der Waals surface area contributed by atoms with Gasteiger partial charge in [0.05, 0.1) is 0 Å². The van der Waals surface area contributed by atoms with Crippen molar-refractivity contribution < 1.29 is 9.21 Å². The van der Waals surface area contributed by atoms with Crippen molar-refractivity contribution in [1.82, 2.24) is 9.88 Å². The van der Waals surface area contributed by atoms with E-state index < -0.39 is 0 Å². The molecule has 0 aliphatic rings. The summed E-state index contributed by atoms with van der Waals surface area (Å²) >= 11 is 0. The Kier molecular flexibility index (Phi) is 3.92. The molecule has 0 aliphatic carbocycles. The largest absolute Gasteiger partial charge is 0.451 e. The second kappa shape index (κ2) is 6.02. The minimum atomic E-state index is -0.0929. The van der Waals surface area contributed by atoms with Gasteiger partial charge in [0.2, 0.25) is 0 Å². The van der Waals surface area contributed by atoms with Gasteiger partial charge in [-0.2, -0.15) is 0 Å². The van der Waals surface area contributed by atoms with Gasteiger partial charge in [-0.3, -0.25) is 9.78 Å². The fraction of sp³-hybridized carbons (Fsp3) is 0.222. The molecular weight excluding hydrogens is 276 g/mol. The van der Waals surface area contributed by atoms with Crippen LogP contribution in [0.4, 0.5) is 0 Å². The van der Waals surface area contributed by atoms with Crippen LogP contribution in [-0.4, -0.2) is 29.4 Å². The molecule has 0 aliphatic heterocycles. The molecular formula is C18H18N2O2. The molecule has 0 saturated heterocycles. The highest BCUT2D eigenvalue weighted by Crippen LogP contribution is 2.25. The third-order valence-electron chi connectivity index (χ3n) is 3.81. The van der Waals surface area contributed by atoms with Crippen LogP contribution in [0.5, 0.6) is 0 Å². The molecule has 1 aromatic carbocycles. The molecule has 4 nitrogen and oxygen atoms in total. The van der Waals surface area contributed by atoms with Crippen molar-refractivity contribution in [1.29, 1.82) is 0 Å². The minimum absolute atomic E-state index is 0.0929. The van der Waals surface area contributed by atoms with Crippen LogP contribution in [0, 0.1) is 6.92 Å². The molecule has 2 aromatic heterocycles. The number of fused-ring (bicyclic) bond motifs is 1. The van der Waals surface area contributed by atoms with E-state index in [4.69, 9.17) is 4.42 Å². The van der Waals surface area contributed by atoms with Gasteiger partial charge >= 0.3 is 0 Å². The number of carbonyl (C=O) groups is 1. The van der Waals surface area contributed by atoms with Crippen molar-refractivity contribution >= 4 is 16.9 Å². The number of carbonyl (C=O) groups excluding carboxylic acids is 1. The first-order valence-electron chi connectivity index (χ1n) is 7.30. The summed E-state index contributed by atoms with van der Waals surface area (Å²) in [6.45, 7) is 2.53. The van der Waals surface area contributed by atoms with E-state index in [1.54, 1.807) is 18.1 Å². The molecule has 0 unspecified atom stereocenters. The first-order chi connectivity index (χ1) is 10.7. The Hall–Kier alpha value is -2.62. The number of furan rings is 1. The molecule has 3 rings (SSSR count). The van der Waals surface area contributed by atoms with Crippen LogP contribution in [0.1, 0.15) is 21.8 Å². The third-order valence-corrected chi connectivity index (χ3v) is 3.81. The fourth-order valence-corrected chi connectivity index (χ4v) is 2.48. The Bertz CT molecular complexity index is 793. The summed E-state index contributed by atoms with van der Waals surface area (Å²) in [5.74, 6) is 0.328. The number of pyridine rings is 1. The van der Waals surface area contributed by atoms with E-state index in [1.807, 2.05) is 49.4 Å². The molecule has 3 aromatic rings. The number of benzene rings is 1. The predicted octanol–water partition coefficient (Wildman–Crippen LogP) is 3.45. The van der Waals surface area contributed by atoms with Gasteiger partial charge in [0.15, 0.2) is 5.76 Å². The summed E-state index contributed by atoms with van der Waals surface area (Å²) < 4.78 is 5.73. The van der Waals surface area contributed by atoms with Gasteiger partial charge in [0, 0.05) is 42.9 Å². The number of aromatic nitrogens is 1. The van der Waals surface area contributed by atoms with Crippen LogP contribution in [0.3, 0.4) is 0 Å². The van der Waals surface area contributed by atoms with E-state index in [2.05, 4.69) is 4.98 Å². The average molecular weight is 294 g/mol.